The summed E-state index contributed by atoms with van der Waals surface area (Å²) in [5.74, 6) is 0. The van der Waals surface area contributed by atoms with E-state index < -0.39 is 0 Å². The van der Waals surface area contributed by atoms with E-state index >= 15 is 0 Å². The number of aldehydes is 2. The van der Waals surface area contributed by atoms with Crippen LogP contribution in [0.5, 0.6) is 0 Å². The van der Waals surface area contributed by atoms with E-state index in [9.17, 15) is 9.59 Å². The Morgan fingerprint density at radius 3 is 1.88 bits per heavy atom. The molecule has 0 saturated carbocycles. The zero-order chi connectivity index (χ0) is 17.1. The van der Waals surface area contributed by atoms with Crippen LogP contribution in [-0.4, -0.2) is 110 Å². The average molecular weight is 509 g/mol. The molecule has 0 bridgehead atoms. The van der Waals surface area contributed by atoms with E-state index in [0.29, 0.717) is 13.1 Å². The Morgan fingerprint density at radius 1 is 0.833 bits per heavy atom. The summed E-state index contributed by atoms with van der Waals surface area (Å²) in [6, 6.07) is 0.178. The molecule has 0 radical (unpaired) electrons. The maximum absolute atomic E-state index is 10.9. The molecule has 0 aromatic rings. The van der Waals surface area contributed by atoms with Crippen LogP contribution in [0.3, 0.4) is 0 Å². The molecule has 0 aliphatic carbocycles. The minimum absolute atomic E-state index is 0. The maximum atomic E-state index is 10.9. The van der Waals surface area contributed by atoms with Crippen molar-refractivity contribution >= 4 is 12.6 Å². The molecule has 0 aromatic heterocycles. The van der Waals surface area contributed by atoms with E-state index in [2.05, 4.69) is 40.4 Å². The molecule has 0 aromatic carbocycles. The summed E-state index contributed by atoms with van der Waals surface area (Å²) in [4.78, 5) is 31.0. The first-order chi connectivity index (χ1) is 11.1. The van der Waals surface area contributed by atoms with Crippen molar-refractivity contribution in [2.24, 2.45) is 0 Å². The van der Waals surface area contributed by atoms with Crippen molar-refractivity contribution in [2.75, 3.05) is 72.0 Å². The van der Waals surface area contributed by atoms with Crippen molar-refractivity contribution in [1.82, 2.24) is 19.6 Å². The molecule has 0 N–H and O–H groups in total. The van der Waals surface area contributed by atoms with Crippen LogP contribution in [0.2, 0.25) is 0 Å². The molecule has 1 aliphatic rings. The van der Waals surface area contributed by atoms with Crippen LogP contribution in [0, 0.1) is 6.92 Å². The zero-order valence-corrected chi connectivity index (χ0v) is 18.2. The minimum Gasteiger partial charge on any atom is -0.328 e. The summed E-state index contributed by atoms with van der Waals surface area (Å²) in [6.07, 6.45) is 1.92. The molecule has 24 heavy (non-hydrogen) atoms. The molecule has 1 unspecified atom stereocenters. The van der Waals surface area contributed by atoms with Crippen LogP contribution in [0.15, 0.2) is 0 Å². The second-order valence-electron chi connectivity index (χ2n) is 6.11. The van der Waals surface area contributed by atoms with Gasteiger partial charge < -0.3 is 26.3 Å². The minimum atomic E-state index is 0. The first-order valence-electron chi connectivity index (χ1n) is 8.76. The van der Waals surface area contributed by atoms with E-state index in [0.717, 1.165) is 71.5 Å². The van der Waals surface area contributed by atoms with Gasteiger partial charge in [0.15, 0.2) is 0 Å². The smallest absolute Gasteiger partial charge is 0.133 e. The third-order valence-corrected chi connectivity index (χ3v) is 4.67. The Morgan fingerprint density at radius 2 is 1.33 bits per heavy atom. The second-order valence-corrected chi connectivity index (χ2v) is 6.11. The Bertz CT molecular complexity index is 347. The van der Waals surface area contributed by atoms with Crippen LogP contribution >= 0.6 is 0 Å². The van der Waals surface area contributed by atoms with E-state index in [1.54, 1.807) is 0 Å². The van der Waals surface area contributed by atoms with Crippen molar-refractivity contribution in [2.45, 2.75) is 19.9 Å². The summed E-state index contributed by atoms with van der Waals surface area (Å²) in [5.41, 5.74) is 0. The van der Waals surface area contributed by atoms with Crippen LogP contribution in [-0.2, 0) is 30.7 Å². The Hall–Kier alpha value is -0.132. The third-order valence-electron chi connectivity index (χ3n) is 4.67. The van der Waals surface area contributed by atoms with Gasteiger partial charge in [0.2, 0.25) is 0 Å². The number of hydrogen-bond donors (Lipinski definition) is 0. The molecule has 0 amide bonds. The molecule has 140 valence electrons. The Balaban J connectivity index is 0.00000529. The monoisotopic (exact) mass is 509 g/mol. The van der Waals surface area contributed by atoms with Crippen LogP contribution in [0.1, 0.15) is 13.8 Å². The Labute approximate surface area is 161 Å². The molecule has 6 nitrogen and oxygen atoms in total. The van der Waals surface area contributed by atoms with Crippen molar-refractivity contribution < 1.29 is 30.7 Å². The fraction of sp³-hybridized carbons (Fsp3) is 0.824. The Kier molecular flexibility index (Phi) is 14.0. The van der Waals surface area contributed by atoms with Gasteiger partial charge in [-0.15, -0.1) is 6.04 Å². The van der Waals surface area contributed by atoms with Crippen molar-refractivity contribution in [3.8, 4) is 0 Å². The van der Waals surface area contributed by atoms with Gasteiger partial charge in [-0.3, -0.25) is 9.80 Å². The van der Waals surface area contributed by atoms with Crippen LogP contribution < -0.4 is 0 Å². The van der Waals surface area contributed by atoms with Crippen molar-refractivity contribution in [1.29, 1.82) is 0 Å². The fourth-order valence-corrected chi connectivity index (χ4v) is 3.04. The van der Waals surface area contributed by atoms with E-state index in [-0.39, 0.29) is 27.1 Å². The normalized spacial score (nSPS) is 23.7. The second kappa shape index (κ2) is 14.1. The van der Waals surface area contributed by atoms with Crippen molar-refractivity contribution in [3.63, 3.8) is 0 Å². The molecular weight excluding hydrogens is 476 g/mol. The van der Waals surface area contributed by atoms with E-state index in [4.69, 9.17) is 0 Å². The number of likely N-dealkylation sites (N-methyl/N-ethyl adjacent to an activating group) is 2. The van der Waals surface area contributed by atoms with Gasteiger partial charge in [0.25, 0.3) is 0 Å². The van der Waals surface area contributed by atoms with Gasteiger partial charge in [-0.2, -0.15) is 0 Å². The SMILES string of the molecule is [CH2-]C1CN(CC=O)CCN(CC=O)CCN(CC)CCN1CC.[W]. The molecule has 0 spiro atoms. The first-order valence-corrected chi connectivity index (χ1v) is 8.76. The summed E-state index contributed by atoms with van der Waals surface area (Å²) >= 11 is 0. The predicted octanol–water partition coefficient (Wildman–Crippen LogP) is -0.154. The van der Waals surface area contributed by atoms with E-state index in [1.165, 1.54) is 0 Å². The number of carbonyl (C=O) groups excluding carboxylic acids is 2. The van der Waals surface area contributed by atoms with Gasteiger partial charge in [-0.05, 0) is 19.6 Å². The fourth-order valence-electron chi connectivity index (χ4n) is 3.04. The average Bonchev–Trinajstić information content (AvgIpc) is 2.54. The molecule has 1 rings (SSSR count). The van der Waals surface area contributed by atoms with Gasteiger partial charge in [-0.25, -0.2) is 0 Å². The first kappa shape index (κ1) is 23.9. The number of carbonyl (C=O) groups is 2. The molecular formula is C17H33N4O2W-. The third kappa shape index (κ3) is 8.82. The van der Waals surface area contributed by atoms with Gasteiger partial charge in [0.1, 0.15) is 12.6 Å². The van der Waals surface area contributed by atoms with E-state index in [1.807, 2.05) is 0 Å². The quantitative estimate of drug-likeness (QED) is 0.367. The standard InChI is InChI=1S/C17H33N4O2.W/c1-4-18-6-7-19(12-14-22)8-9-20(13-15-23)16-17(3)21(5-2)11-10-18;/h14-15,17H,3-13,16H2,1-2H3;/q-1;. The molecule has 1 aliphatic heterocycles. The largest absolute Gasteiger partial charge is 0.328 e. The van der Waals surface area contributed by atoms with Crippen LogP contribution in [0.4, 0.5) is 0 Å². The molecule has 1 saturated heterocycles. The van der Waals surface area contributed by atoms with Gasteiger partial charge in [0.05, 0.1) is 13.1 Å². The maximum Gasteiger partial charge on any atom is 0.133 e. The van der Waals surface area contributed by atoms with Gasteiger partial charge in [-0.1, -0.05) is 13.8 Å². The predicted molar refractivity (Wildman–Crippen MR) is 93.5 cm³/mol. The van der Waals surface area contributed by atoms with Gasteiger partial charge >= 0.3 is 0 Å². The number of rotatable bonds is 6. The molecule has 1 fully saturated rings. The molecule has 1 heterocycles. The van der Waals surface area contributed by atoms with Gasteiger partial charge in [0, 0.05) is 60.3 Å². The summed E-state index contributed by atoms with van der Waals surface area (Å²) < 4.78 is 0. The number of hydrogen-bond acceptors (Lipinski definition) is 6. The van der Waals surface area contributed by atoms with Crippen molar-refractivity contribution in [3.05, 3.63) is 6.92 Å². The topological polar surface area (TPSA) is 47.1 Å². The van der Waals surface area contributed by atoms with Crippen LogP contribution in [0.25, 0.3) is 0 Å². The molecule has 1 atom stereocenters. The summed E-state index contributed by atoms with van der Waals surface area (Å²) in [7, 11) is 0. The summed E-state index contributed by atoms with van der Waals surface area (Å²) in [6.45, 7) is 17.8. The molecule has 7 heteroatoms. The number of nitrogens with zero attached hydrogens (tertiary/aromatic N) is 4. The summed E-state index contributed by atoms with van der Waals surface area (Å²) in [5, 5.41) is 0. The zero-order valence-electron chi connectivity index (χ0n) is 15.2.